The molecule has 0 amide bonds. The first-order chi connectivity index (χ1) is 9.70. The van der Waals surface area contributed by atoms with E-state index in [1.807, 2.05) is 49.4 Å². The molecule has 0 aliphatic carbocycles. The van der Waals surface area contributed by atoms with Crippen LogP contribution in [-0.4, -0.2) is 13.2 Å². The van der Waals surface area contributed by atoms with Crippen LogP contribution >= 0.6 is 15.9 Å². The molecule has 0 spiro atoms. The van der Waals surface area contributed by atoms with Crippen LogP contribution in [0.4, 0.5) is 0 Å². The fourth-order valence-electron chi connectivity index (χ4n) is 1.85. The van der Waals surface area contributed by atoms with Crippen molar-refractivity contribution >= 4 is 15.9 Å². The third-order valence-corrected chi connectivity index (χ3v) is 3.43. The fraction of sp³-hybridized carbons (Fsp3) is 0.250. The average Bonchev–Trinajstić information content (AvgIpc) is 2.47. The Bertz CT molecular complexity index is 572. The molecular weight excluding hydrogens is 318 g/mol. The molecule has 106 valence electrons. The van der Waals surface area contributed by atoms with Crippen LogP contribution in [0.2, 0.25) is 0 Å². The van der Waals surface area contributed by atoms with Crippen molar-refractivity contribution < 1.29 is 9.47 Å². The zero-order valence-electron chi connectivity index (χ0n) is 11.4. The van der Waals surface area contributed by atoms with Gasteiger partial charge in [-0.2, -0.15) is 0 Å². The first-order valence-corrected chi connectivity index (χ1v) is 7.29. The van der Waals surface area contributed by atoms with Crippen LogP contribution in [0.25, 0.3) is 0 Å². The van der Waals surface area contributed by atoms with Gasteiger partial charge in [-0.1, -0.05) is 40.2 Å². The molecule has 4 heteroatoms. The Hall–Kier alpha value is -1.52. The highest BCUT2D eigenvalue weighted by atomic mass is 79.9. The summed E-state index contributed by atoms with van der Waals surface area (Å²) < 4.78 is 12.4. The van der Waals surface area contributed by atoms with Crippen LogP contribution in [0.5, 0.6) is 11.5 Å². The van der Waals surface area contributed by atoms with Gasteiger partial charge in [0.2, 0.25) is 0 Å². The molecule has 0 radical (unpaired) electrons. The second kappa shape index (κ2) is 7.31. The minimum atomic E-state index is 0.474. The zero-order valence-corrected chi connectivity index (χ0v) is 13.0. The lowest BCUT2D eigenvalue weighted by Gasteiger charge is -2.12. The minimum absolute atomic E-state index is 0.474. The summed E-state index contributed by atoms with van der Waals surface area (Å²) in [4.78, 5) is 0. The van der Waals surface area contributed by atoms with Gasteiger partial charge in [0.05, 0.1) is 0 Å². The summed E-state index contributed by atoms with van der Waals surface area (Å²) in [5.74, 6) is 1.69. The van der Waals surface area contributed by atoms with Crippen molar-refractivity contribution in [1.82, 2.24) is 0 Å². The molecule has 2 aromatic rings. The smallest absolute Gasteiger partial charge is 0.123 e. The SMILES string of the molecule is Cc1ccc(Br)cc1OCCOc1ccccc1CN. The second-order valence-electron chi connectivity index (χ2n) is 4.42. The number of ether oxygens (including phenoxy) is 2. The Morgan fingerprint density at radius 2 is 1.70 bits per heavy atom. The van der Waals surface area contributed by atoms with Gasteiger partial charge in [-0.05, 0) is 30.7 Å². The van der Waals surface area contributed by atoms with E-state index in [0.29, 0.717) is 19.8 Å². The van der Waals surface area contributed by atoms with Crippen LogP contribution < -0.4 is 15.2 Å². The molecule has 2 aromatic carbocycles. The molecule has 0 unspecified atom stereocenters. The largest absolute Gasteiger partial charge is 0.490 e. The lowest BCUT2D eigenvalue weighted by Crippen LogP contribution is -2.11. The van der Waals surface area contributed by atoms with Crippen molar-refractivity contribution in [2.24, 2.45) is 5.73 Å². The molecular formula is C16H18BrNO2. The van der Waals surface area contributed by atoms with Gasteiger partial charge in [-0.3, -0.25) is 0 Å². The van der Waals surface area contributed by atoms with Gasteiger partial charge >= 0.3 is 0 Å². The van der Waals surface area contributed by atoms with Crippen LogP contribution in [0.3, 0.4) is 0 Å². The number of hydrogen-bond donors (Lipinski definition) is 1. The summed E-state index contributed by atoms with van der Waals surface area (Å²) in [6.07, 6.45) is 0. The molecule has 0 aliphatic heterocycles. The third-order valence-electron chi connectivity index (χ3n) is 2.94. The maximum atomic E-state index is 5.73. The van der Waals surface area contributed by atoms with Crippen molar-refractivity contribution in [3.8, 4) is 11.5 Å². The van der Waals surface area contributed by atoms with Crippen LogP contribution in [-0.2, 0) is 6.54 Å². The standard InChI is InChI=1S/C16H18BrNO2/c1-12-6-7-14(17)10-16(12)20-9-8-19-15-5-3-2-4-13(15)11-18/h2-7,10H,8-9,11,18H2,1H3. The number of nitrogens with two attached hydrogens (primary N) is 1. The van der Waals surface area contributed by atoms with Gasteiger partial charge in [0.1, 0.15) is 24.7 Å². The van der Waals surface area contributed by atoms with Crippen molar-refractivity contribution in [3.05, 3.63) is 58.1 Å². The number of benzene rings is 2. The molecule has 0 aliphatic rings. The summed E-state index contributed by atoms with van der Waals surface area (Å²) in [6, 6.07) is 13.8. The normalized spacial score (nSPS) is 10.3. The fourth-order valence-corrected chi connectivity index (χ4v) is 2.19. The zero-order chi connectivity index (χ0) is 14.4. The lowest BCUT2D eigenvalue weighted by molar-refractivity contribution is 0.215. The average molecular weight is 336 g/mol. The summed E-state index contributed by atoms with van der Waals surface area (Å²) >= 11 is 3.44. The quantitative estimate of drug-likeness (QED) is 0.819. The van der Waals surface area contributed by atoms with Gasteiger partial charge in [-0.25, -0.2) is 0 Å². The number of rotatable bonds is 6. The van der Waals surface area contributed by atoms with Crippen molar-refractivity contribution in [2.75, 3.05) is 13.2 Å². The summed E-state index contributed by atoms with van der Waals surface area (Å²) in [7, 11) is 0. The van der Waals surface area contributed by atoms with E-state index in [-0.39, 0.29) is 0 Å². The number of halogens is 1. The Kier molecular flexibility index (Phi) is 5.44. The Morgan fingerprint density at radius 1 is 1.00 bits per heavy atom. The molecule has 2 rings (SSSR count). The van der Waals surface area contributed by atoms with E-state index in [0.717, 1.165) is 27.1 Å². The monoisotopic (exact) mass is 335 g/mol. The maximum Gasteiger partial charge on any atom is 0.123 e. The van der Waals surface area contributed by atoms with Crippen LogP contribution in [0, 0.1) is 6.92 Å². The molecule has 0 aromatic heterocycles. The van der Waals surface area contributed by atoms with Crippen molar-refractivity contribution in [1.29, 1.82) is 0 Å². The highest BCUT2D eigenvalue weighted by molar-refractivity contribution is 9.10. The Balaban J connectivity index is 1.86. The van der Waals surface area contributed by atoms with Crippen molar-refractivity contribution in [3.63, 3.8) is 0 Å². The summed E-state index contributed by atoms with van der Waals surface area (Å²) in [6.45, 7) is 3.48. The predicted octanol–water partition coefficient (Wildman–Crippen LogP) is 3.67. The number of hydrogen-bond acceptors (Lipinski definition) is 3. The molecule has 0 saturated carbocycles. The molecule has 0 atom stereocenters. The van der Waals surface area contributed by atoms with Gasteiger partial charge in [0.25, 0.3) is 0 Å². The predicted molar refractivity (Wildman–Crippen MR) is 84.2 cm³/mol. The Morgan fingerprint density at radius 3 is 2.45 bits per heavy atom. The highest BCUT2D eigenvalue weighted by Gasteiger charge is 2.03. The van der Waals surface area contributed by atoms with Crippen molar-refractivity contribution in [2.45, 2.75) is 13.5 Å². The number of aryl methyl sites for hydroxylation is 1. The van der Waals surface area contributed by atoms with Gasteiger partial charge in [0.15, 0.2) is 0 Å². The molecule has 2 N–H and O–H groups in total. The van der Waals surface area contributed by atoms with E-state index < -0.39 is 0 Å². The van der Waals surface area contributed by atoms with E-state index in [1.165, 1.54) is 0 Å². The van der Waals surface area contributed by atoms with Gasteiger partial charge < -0.3 is 15.2 Å². The molecule has 20 heavy (non-hydrogen) atoms. The van der Waals surface area contributed by atoms with E-state index in [1.54, 1.807) is 0 Å². The summed E-state index contributed by atoms with van der Waals surface area (Å²) in [5.41, 5.74) is 7.78. The minimum Gasteiger partial charge on any atom is -0.490 e. The van der Waals surface area contributed by atoms with Crippen LogP contribution in [0.1, 0.15) is 11.1 Å². The summed E-state index contributed by atoms with van der Waals surface area (Å²) in [5, 5.41) is 0. The van der Waals surface area contributed by atoms with E-state index in [2.05, 4.69) is 15.9 Å². The highest BCUT2D eigenvalue weighted by Crippen LogP contribution is 2.23. The molecule has 0 heterocycles. The van der Waals surface area contributed by atoms with E-state index in [9.17, 15) is 0 Å². The lowest BCUT2D eigenvalue weighted by atomic mass is 10.2. The topological polar surface area (TPSA) is 44.5 Å². The third kappa shape index (κ3) is 3.99. The molecule has 0 bridgehead atoms. The second-order valence-corrected chi connectivity index (χ2v) is 5.33. The Labute approximate surface area is 127 Å². The molecule has 0 saturated heterocycles. The number of para-hydroxylation sites is 1. The molecule has 0 fully saturated rings. The van der Waals surface area contributed by atoms with Crippen LogP contribution in [0.15, 0.2) is 46.9 Å². The maximum absolute atomic E-state index is 5.73. The van der Waals surface area contributed by atoms with Gasteiger partial charge in [0, 0.05) is 16.6 Å². The first-order valence-electron chi connectivity index (χ1n) is 6.50. The molecule has 3 nitrogen and oxygen atoms in total. The van der Waals surface area contributed by atoms with E-state index >= 15 is 0 Å². The van der Waals surface area contributed by atoms with Gasteiger partial charge in [-0.15, -0.1) is 0 Å². The van der Waals surface area contributed by atoms with E-state index in [4.69, 9.17) is 15.2 Å². The first kappa shape index (κ1) is 14.9.